The predicted octanol–water partition coefficient (Wildman–Crippen LogP) is 5.55. The van der Waals surface area contributed by atoms with Crippen molar-refractivity contribution in [3.63, 3.8) is 0 Å². The lowest BCUT2D eigenvalue weighted by molar-refractivity contribution is 0.506. The van der Waals surface area contributed by atoms with Gasteiger partial charge in [0.1, 0.15) is 5.82 Å². The normalized spacial score (nSPS) is 14.1. The summed E-state index contributed by atoms with van der Waals surface area (Å²) < 4.78 is 2.44. The number of rotatable bonds is 5. The molecule has 0 saturated carbocycles. The highest BCUT2D eigenvalue weighted by atomic mass is 15.1. The van der Waals surface area contributed by atoms with E-state index >= 15 is 0 Å². The first-order valence-corrected chi connectivity index (χ1v) is 8.28. The van der Waals surface area contributed by atoms with Crippen molar-refractivity contribution in [3.8, 4) is 0 Å². The molecule has 0 fully saturated rings. The Morgan fingerprint density at radius 2 is 1.59 bits per heavy atom. The van der Waals surface area contributed by atoms with Crippen molar-refractivity contribution in [2.75, 3.05) is 0 Å². The Morgan fingerprint density at radius 1 is 0.909 bits per heavy atom. The largest absolute Gasteiger partial charge is 0.325 e. The fourth-order valence-corrected chi connectivity index (χ4v) is 3.21. The molecule has 1 heterocycles. The van der Waals surface area contributed by atoms with Crippen LogP contribution in [0.5, 0.6) is 0 Å². The summed E-state index contributed by atoms with van der Waals surface area (Å²) in [4.78, 5) is 4.99. The molecule has 0 saturated heterocycles. The Balaban J connectivity index is 2.20. The van der Waals surface area contributed by atoms with Crippen LogP contribution in [0.4, 0.5) is 0 Å². The van der Waals surface area contributed by atoms with Crippen molar-refractivity contribution in [2.45, 2.75) is 45.6 Å². The number of imidazole rings is 1. The fraction of sp³-hybridized carbons (Fsp3) is 0.350. The molecule has 0 spiro atoms. The Morgan fingerprint density at radius 3 is 2.27 bits per heavy atom. The van der Waals surface area contributed by atoms with E-state index in [-0.39, 0.29) is 0 Å². The molecular weight excluding hydrogens is 268 g/mol. The van der Waals surface area contributed by atoms with E-state index in [1.165, 1.54) is 16.9 Å². The van der Waals surface area contributed by atoms with Crippen LogP contribution in [-0.4, -0.2) is 9.55 Å². The first kappa shape index (κ1) is 14.8. The third-order valence-electron chi connectivity index (χ3n) is 4.58. The number of benzene rings is 2. The molecule has 0 bridgehead atoms. The Bertz CT molecular complexity index is 743. The summed E-state index contributed by atoms with van der Waals surface area (Å²) in [6.07, 6.45) is 2.17. The second-order valence-corrected chi connectivity index (χ2v) is 5.96. The van der Waals surface area contributed by atoms with Gasteiger partial charge in [0.2, 0.25) is 0 Å². The Hall–Kier alpha value is -2.09. The van der Waals surface area contributed by atoms with E-state index in [1.54, 1.807) is 0 Å². The monoisotopic (exact) mass is 292 g/mol. The number of para-hydroxylation sites is 2. The lowest BCUT2D eigenvalue weighted by Gasteiger charge is -2.21. The SMILES string of the molecule is CCC(c1ccccc1)c1nc2ccccc2n1C(C)CC. The maximum Gasteiger partial charge on any atom is 0.117 e. The second kappa shape index (κ2) is 6.35. The fourth-order valence-electron chi connectivity index (χ4n) is 3.21. The van der Waals surface area contributed by atoms with Gasteiger partial charge in [-0.3, -0.25) is 0 Å². The number of hydrogen-bond acceptors (Lipinski definition) is 1. The van der Waals surface area contributed by atoms with Gasteiger partial charge >= 0.3 is 0 Å². The highest BCUT2D eigenvalue weighted by molar-refractivity contribution is 5.76. The molecule has 2 heteroatoms. The highest BCUT2D eigenvalue weighted by Gasteiger charge is 2.22. The van der Waals surface area contributed by atoms with E-state index in [9.17, 15) is 0 Å². The van der Waals surface area contributed by atoms with Gasteiger partial charge in [0, 0.05) is 12.0 Å². The Labute approximate surface area is 132 Å². The van der Waals surface area contributed by atoms with Gasteiger partial charge in [-0.05, 0) is 37.5 Å². The van der Waals surface area contributed by atoms with Gasteiger partial charge in [-0.2, -0.15) is 0 Å². The molecule has 0 N–H and O–H groups in total. The van der Waals surface area contributed by atoms with Crippen LogP contribution >= 0.6 is 0 Å². The second-order valence-electron chi connectivity index (χ2n) is 5.96. The number of aromatic nitrogens is 2. The standard InChI is InChI=1S/C20H24N2/c1-4-15(3)22-19-14-10-9-13-18(19)21-20(22)17(5-2)16-11-7-6-8-12-16/h6-15,17H,4-5H2,1-3H3. The molecule has 2 nitrogen and oxygen atoms in total. The van der Waals surface area contributed by atoms with Gasteiger partial charge in [-0.15, -0.1) is 0 Å². The van der Waals surface area contributed by atoms with Crippen LogP contribution in [0.15, 0.2) is 54.6 Å². The molecule has 2 unspecified atom stereocenters. The van der Waals surface area contributed by atoms with E-state index in [0.717, 1.165) is 18.4 Å². The van der Waals surface area contributed by atoms with E-state index in [4.69, 9.17) is 4.98 Å². The summed E-state index contributed by atoms with van der Waals surface area (Å²) >= 11 is 0. The molecule has 2 aromatic carbocycles. The molecule has 0 aliphatic carbocycles. The average molecular weight is 292 g/mol. The summed E-state index contributed by atoms with van der Waals surface area (Å²) in [5.41, 5.74) is 3.71. The molecule has 0 aliphatic rings. The van der Waals surface area contributed by atoms with Gasteiger partial charge < -0.3 is 4.57 Å². The number of hydrogen-bond donors (Lipinski definition) is 0. The minimum Gasteiger partial charge on any atom is -0.325 e. The van der Waals surface area contributed by atoms with Crippen molar-refractivity contribution in [1.82, 2.24) is 9.55 Å². The molecule has 0 aliphatic heterocycles. The van der Waals surface area contributed by atoms with Crippen LogP contribution in [0.1, 0.15) is 57.0 Å². The topological polar surface area (TPSA) is 17.8 Å². The Kier molecular flexibility index (Phi) is 4.28. The summed E-state index contributed by atoms with van der Waals surface area (Å²) in [6.45, 7) is 6.78. The quantitative estimate of drug-likeness (QED) is 0.603. The third kappa shape index (κ3) is 2.54. The molecule has 114 valence electrons. The molecular formula is C20H24N2. The maximum atomic E-state index is 4.99. The molecule has 1 aromatic heterocycles. The number of nitrogens with zero attached hydrogens (tertiary/aromatic N) is 2. The van der Waals surface area contributed by atoms with Gasteiger partial charge in [0.15, 0.2) is 0 Å². The van der Waals surface area contributed by atoms with Gasteiger partial charge in [0.25, 0.3) is 0 Å². The summed E-state index contributed by atoms with van der Waals surface area (Å²) in [5.74, 6) is 1.55. The summed E-state index contributed by atoms with van der Waals surface area (Å²) in [6, 6.07) is 19.7. The van der Waals surface area contributed by atoms with Gasteiger partial charge in [-0.25, -0.2) is 4.98 Å². The van der Waals surface area contributed by atoms with Gasteiger partial charge in [0.05, 0.1) is 11.0 Å². The van der Waals surface area contributed by atoms with Crippen molar-refractivity contribution in [1.29, 1.82) is 0 Å². The summed E-state index contributed by atoms with van der Waals surface area (Å²) in [5, 5.41) is 0. The zero-order valence-electron chi connectivity index (χ0n) is 13.7. The third-order valence-corrected chi connectivity index (χ3v) is 4.58. The molecule has 22 heavy (non-hydrogen) atoms. The highest BCUT2D eigenvalue weighted by Crippen LogP contribution is 2.32. The van der Waals surface area contributed by atoms with Crippen molar-refractivity contribution in [2.24, 2.45) is 0 Å². The van der Waals surface area contributed by atoms with E-state index in [0.29, 0.717) is 12.0 Å². The zero-order valence-corrected chi connectivity index (χ0v) is 13.7. The lowest BCUT2D eigenvalue weighted by Crippen LogP contribution is -2.13. The van der Waals surface area contributed by atoms with Crippen molar-refractivity contribution < 1.29 is 0 Å². The molecule has 0 radical (unpaired) electrons. The first-order chi connectivity index (χ1) is 10.8. The lowest BCUT2D eigenvalue weighted by atomic mass is 9.95. The van der Waals surface area contributed by atoms with Crippen LogP contribution in [0, 0.1) is 0 Å². The minimum atomic E-state index is 0.350. The molecule has 2 atom stereocenters. The molecule has 3 rings (SSSR count). The average Bonchev–Trinajstić information content (AvgIpc) is 2.95. The first-order valence-electron chi connectivity index (χ1n) is 8.28. The maximum absolute atomic E-state index is 4.99. The van der Waals surface area contributed by atoms with Crippen LogP contribution in [0.2, 0.25) is 0 Å². The smallest absolute Gasteiger partial charge is 0.117 e. The van der Waals surface area contributed by atoms with Crippen molar-refractivity contribution in [3.05, 3.63) is 66.0 Å². The van der Waals surface area contributed by atoms with E-state index < -0.39 is 0 Å². The van der Waals surface area contributed by atoms with Crippen molar-refractivity contribution >= 4 is 11.0 Å². The molecule has 3 aromatic rings. The van der Waals surface area contributed by atoms with Crippen LogP contribution in [0.3, 0.4) is 0 Å². The number of fused-ring (bicyclic) bond motifs is 1. The van der Waals surface area contributed by atoms with E-state index in [1.807, 2.05) is 0 Å². The minimum absolute atomic E-state index is 0.350. The van der Waals surface area contributed by atoms with Crippen LogP contribution in [-0.2, 0) is 0 Å². The predicted molar refractivity (Wildman–Crippen MR) is 93.3 cm³/mol. The zero-order chi connectivity index (χ0) is 15.5. The van der Waals surface area contributed by atoms with Crippen LogP contribution < -0.4 is 0 Å². The van der Waals surface area contributed by atoms with Crippen LogP contribution in [0.25, 0.3) is 11.0 Å². The van der Waals surface area contributed by atoms with E-state index in [2.05, 4.69) is 79.9 Å². The molecule has 0 amide bonds. The van der Waals surface area contributed by atoms with Gasteiger partial charge in [-0.1, -0.05) is 56.3 Å². The summed E-state index contributed by atoms with van der Waals surface area (Å²) in [7, 11) is 0.